The molecule has 0 N–H and O–H groups in total. The van der Waals surface area contributed by atoms with Gasteiger partial charge in [0.15, 0.2) is 11.5 Å². The number of hydrogen-bond acceptors (Lipinski definition) is 3. The Morgan fingerprint density at radius 3 is 2.65 bits per heavy atom. The van der Waals surface area contributed by atoms with Gasteiger partial charge in [-0.05, 0) is 25.5 Å². The highest BCUT2D eigenvalue weighted by atomic mass is 16.4. The Balaban J connectivity index is 2.34. The molecule has 0 spiro atoms. The molecule has 2 rings (SSSR count). The van der Waals surface area contributed by atoms with Crippen molar-refractivity contribution >= 4 is 5.78 Å². The maximum absolute atomic E-state index is 11.8. The normalized spacial score (nSPS) is 10.5. The predicted molar refractivity (Wildman–Crippen MR) is 65.9 cm³/mol. The largest absolute Gasteiger partial charge is 0.433 e. The maximum Gasteiger partial charge on any atom is 0.227 e. The number of nitrogens with zero attached hydrogens (tertiary/aromatic N) is 1. The van der Waals surface area contributed by atoms with Gasteiger partial charge in [-0.2, -0.15) is 0 Å². The summed E-state index contributed by atoms with van der Waals surface area (Å²) in [4.78, 5) is 16.1. The summed E-state index contributed by atoms with van der Waals surface area (Å²) in [5.41, 5.74) is 1.56. The Labute approximate surface area is 100 Å². The van der Waals surface area contributed by atoms with E-state index < -0.39 is 0 Å². The van der Waals surface area contributed by atoms with E-state index in [1.165, 1.54) is 0 Å². The average Bonchev–Trinajstić information content (AvgIpc) is 2.73. The number of ketones is 1. The van der Waals surface area contributed by atoms with Crippen molar-refractivity contribution in [3.8, 4) is 11.5 Å². The molecule has 0 saturated carbocycles. The van der Waals surface area contributed by atoms with Crippen LogP contribution in [0.3, 0.4) is 0 Å². The maximum atomic E-state index is 11.8. The zero-order valence-electron chi connectivity index (χ0n) is 10.1. The number of carbonyl (C=O) groups excluding carboxylic acids is 1. The number of oxazole rings is 1. The first-order valence-corrected chi connectivity index (χ1v) is 5.78. The minimum Gasteiger partial charge on any atom is -0.433 e. The molecule has 0 amide bonds. The van der Waals surface area contributed by atoms with Crippen LogP contribution in [0.4, 0.5) is 0 Å². The fourth-order valence-corrected chi connectivity index (χ4v) is 1.70. The van der Waals surface area contributed by atoms with Gasteiger partial charge in [-0.1, -0.05) is 25.1 Å². The van der Waals surface area contributed by atoms with Crippen LogP contribution in [0.25, 0.3) is 11.5 Å². The highest BCUT2D eigenvalue weighted by Crippen LogP contribution is 2.22. The van der Waals surface area contributed by atoms with Crippen LogP contribution in [0.5, 0.6) is 0 Å². The molecule has 0 bridgehead atoms. The number of hydrogen-bond donors (Lipinski definition) is 0. The van der Waals surface area contributed by atoms with Crippen LogP contribution in [0.1, 0.15) is 36.0 Å². The summed E-state index contributed by atoms with van der Waals surface area (Å²) in [6.45, 7) is 3.78. The van der Waals surface area contributed by atoms with Crippen molar-refractivity contribution in [1.82, 2.24) is 4.98 Å². The smallest absolute Gasteiger partial charge is 0.227 e. The van der Waals surface area contributed by atoms with Crippen LogP contribution in [0.2, 0.25) is 0 Å². The summed E-state index contributed by atoms with van der Waals surface area (Å²) in [6, 6.07) is 9.60. The second kappa shape index (κ2) is 4.95. The van der Waals surface area contributed by atoms with E-state index in [2.05, 4.69) is 4.98 Å². The molecule has 0 aliphatic heterocycles. The first-order valence-electron chi connectivity index (χ1n) is 5.78. The molecule has 0 atom stereocenters. The molecule has 0 saturated heterocycles. The minimum atomic E-state index is 0.0275. The summed E-state index contributed by atoms with van der Waals surface area (Å²) in [6.07, 6.45) is 1.32. The standard InChI is InChI=1S/C14H15NO2/c1-3-7-12(16)13-10(2)15-14(17-13)11-8-5-4-6-9-11/h4-6,8-9H,3,7H2,1-2H3. The summed E-state index contributed by atoms with van der Waals surface area (Å²) in [5.74, 6) is 0.938. The summed E-state index contributed by atoms with van der Waals surface area (Å²) < 4.78 is 5.55. The third kappa shape index (κ3) is 2.44. The molecule has 1 aromatic heterocycles. The van der Waals surface area contributed by atoms with Crippen molar-refractivity contribution in [3.05, 3.63) is 41.8 Å². The van der Waals surface area contributed by atoms with Gasteiger partial charge in [0.2, 0.25) is 5.89 Å². The fourth-order valence-electron chi connectivity index (χ4n) is 1.70. The van der Waals surface area contributed by atoms with Gasteiger partial charge in [0.05, 0.1) is 5.69 Å². The number of Topliss-reactive ketones (excluding diaryl/α,β-unsaturated/α-hetero) is 1. The van der Waals surface area contributed by atoms with Crippen molar-refractivity contribution in [1.29, 1.82) is 0 Å². The number of rotatable bonds is 4. The monoisotopic (exact) mass is 229 g/mol. The molecule has 0 radical (unpaired) electrons. The molecule has 0 unspecified atom stereocenters. The number of carbonyl (C=O) groups is 1. The molecule has 17 heavy (non-hydrogen) atoms. The van der Waals surface area contributed by atoms with Crippen LogP contribution in [0.15, 0.2) is 34.7 Å². The Morgan fingerprint density at radius 2 is 2.00 bits per heavy atom. The fraction of sp³-hybridized carbons (Fsp3) is 0.286. The van der Waals surface area contributed by atoms with Crippen LogP contribution in [0, 0.1) is 6.92 Å². The van der Waals surface area contributed by atoms with Crippen molar-refractivity contribution in [2.24, 2.45) is 0 Å². The molecule has 0 aliphatic rings. The van der Waals surface area contributed by atoms with E-state index in [1.807, 2.05) is 37.3 Å². The van der Waals surface area contributed by atoms with Crippen molar-refractivity contribution in [3.63, 3.8) is 0 Å². The van der Waals surface area contributed by atoms with Gasteiger partial charge in [0.25, 0.3) is 0 Å². The van der Waals surface area contributed by atoms with Crippen LogP contribution < -0.4 is 0 Å². The molecule has 3 nitrogen and oxygen atoms in total. The second-order valence-corrected chi connectivity index (χ2v) is 3.97. The molecule has 88 valence electrons. The van der Waals surface area contributed by atoms with Gasteiger partial charge in [0, 0.05) is 12.0 Å². The minimum absolute atomic E-state index is 0.0275. The van der Waals surface area contributed by atoms with Crippen LogP contribution >= 0.6 is 0 Å². The van der Waals surface area contributed by atoms with E-state index in [4.69, 9.17) is 4.42 Å². The molecular formula is C14H15NO2. The van der Waals surface area contributed by atoms with Crippen molar-refractivity contribution in [2.75, 3.05) is 0 Å². The van der Waals surface area contributed by atoms with E-state index in [-0.39, 0.29) is 5.78 Å². The third-order valence-corrected chi connectivity index (χ3v) is 2.55. The Morgan fingerprint density at radius 1 is 1.29 bits per heavy atom. The van der Waals surface area contributed by atoms with Crippen molar-refractivity contribution in [2.45, 2.75) is 26.7 Å². The van der Waals surface area contributed by atoms with E-state index in [0.717, 1.165) is 12.0 Å². The topological polar surface area (TPSA) is 43.1 Å². The lowest BCUT2D eigenvalue weighted by atomic mass is 10.2. The molecule has 2 aromatic rings. The Kier molecular flexibility index (Phi) is 3.38. The quantitative estimate of drug-likeness (QED) is 0.752. The summed E-state index contributed by atoms with van der Waals surface area (Å²) in [5, 5.41) is 0. The van der Waals surface area contributed by atoms with Gasteiger partial charge < -0.3 is 4.42 Å². The molecule has 3 heteroatoms. The van der Waals surface area contributed by atoms with E-state index in [9.17, 15) is 4.79 Å². The van der Waals surface area contributed by atoms with Gasteiger partial charge >= 0.3 is 0 Å². The highest BCUT2D eigenvalue weighted by molar-refractivity contribution is 5.94. The molecule has 1 aromatic carbocycles. The lowest BCUT2D eigenvalue weighted by molar-refractivity contribution is 0.0955. The van der Waals surface area contributed by atoms with Gasteiger partial charge in [-0.25, -0.2) is 4.98 Å². The SMILES string of the molecule is CCCC(=O)c1oc(-c2ccccc2)nc1C. The first-order chi connectivity index (χ1) is 8.22. The second-order valence-electron chi connectivity index (χ2n) is 3.97. The van der Waals surface area contributed by atoms with Gasteiger partial charge in [0.1, 0.15) is 0 Å². The Hall–Kier alpha value is -1.90. The van der Waals surface area contributed by atoms with E-state index in [1.54, 1.807) is 6.92 Å². The van der Waals surface area contributed by atoms with Crippen LogP contribution in [-0.4, -0.2) is 10.8 Å². The van der Waals surface area contributed by atoms with Crippen LogP contribution in [-0.2, 0) is 0 Å². The molecular weight excluding hydrogens is 214 g/mol. The molecule has 0 aliphatic carbocycles. The summed E-state index contributed by atoms with van der Waals surface area (Å²) >= 11 is 0. The number of aromatic nitrogens is 1. The molecule has 1 heterocycles. The number of benzene rings is 1. The lowest BCUT2D eigenvalue weighted by Crippen LogP contribution is -1.98. The first kappa shape index (κ1) is 11.6. The van der Waals surface area contributed by atoms with E-state index >= 15 is 0 Å². The zero-order chi connectivity index (χ0) is 12.3. The third-order valence-electron chi connectivity index (χ3n) is 2.55. The predicted octanol–water partition coefficient (Wildman–Crippen LogP) is 3.63. The van der Waals surface area contributed by atoms with E-state index in [0.29, 0.717) is 23.8 Å². The average molecular weight is 229 g/mol. The number of aryl methyl sites for hydroxylation is 1. The lowest BCUT2D eigenvalue weighted by Gasteiger charge is -1.94. The van der Waals surface area contributed by atoms with Gasteiger partial charge in [-0.15, -0.1) is 0 Å². The summed E-state index contributed by atoms with van der Waals surface area (Å²) in [7, 11) is 0. The van der Waals surface area contributed by atoms with Crippen molar-refractivity contribution < 1.29 is 9.21 Å². The molecule has 0 fully saturated rings. The Bertz CT molecular complexity index is 514. The highest BCUT2D eigenvalue weighted by Gasteiger charge is 2.16. The zero-order valence-corrected chi connectivity index (χ0v) is 10.1. The van der Waals surface area contributed by atoms with Gasteiger partial charge in [-0.3, -0.25) is 4.79 Å².